The van der Waals surface area contributed by atoms with E-state index in [1.54, 1.807) is 13.8 Å². The molecule has 2 heterocycles. The van der Waals surface area contributed by atoms with Gasteiger partial charge in [0.1, 0.15) is 0 Å². The number of benzene rings is 2. The molecule has 0 amide bonds. The van der Waals surface area contributed by atoms with E-state index in [9.17, 15) is 25.3 Å². The average Bonchev–Trinajstić information content (AvgIpc) is 2.85. The van der Waals surface area contributed by atoms with Crippen molar-refractivity contribution in [2.75, 3.05) is 26.2 Å². The molecule has 0 aliphatic carbocycles. The van der Waals surface area contributed by atoms with Gasteiger partial charge in [-0.2, -0.15) is 8.61 Å². The molecule has 0 radical (unpaired) electrons. The van der Waals surface area contributed by atoms with Crippen molar-refractivity contribution in [3.8, 4) is 0 Å². The Morgan fingerprint density at radius 2 is 0.886 bits per heavy atom. The predicted molar refractivity (Wildman–Crippen MR) is 133 cm³/mol. The zero-order valence-corrected chi connectivity index (χ0v) is 22.6. The first kappa shape index (κ1) is 26.3. The van der Waals surface area contributed by atoms with E-state index >= 15 is 0 Å². The number of hydrogen-bond acceptors (Lipinski definition) is 6. The van der Waals surface area contributed by atoms with E-state index in [0.717, 1.165) is 38.5 Å². The van der Waals surface area contributed by atoms with Crippen LogP contribution in [0.1, 0.15) is 49.7 Å². The van der Waals surface area contributed by atoms with Crippen molar-refractivity contribution in [3.05, 3.63) is 47.5 Å². The van der Waals surface area contributed by atoms with Crippen LogP contribution < -0.4 is 0 Å². The Bertz CT molecular complexity index is 1320. The van der Waals surface area contributed by atoms with Gasteiger partial charge in [0.05, 0.1) is 19.6 Å². The minimum Gasteiger partial charge on any atom is -0.219 e. The van der Waals surface area contributed by atoms with E-state index < -0.39 is 29.9 Å². The van der Waals surface area contributed by atoms with Crippen molar-refractivity contribution in [2.24, 2.45) is 0 Å². The Morgan fingerprint density at radius 3 is 1.23 bits per heavy atom. The van der Waals surface area contributed by atoms with Gasteiger partial charge in [-0.15, -0.1) is 0 Å². The number of piperidine rings is 2. The summed E-state index contributed by atoms with van der Waals surface area (Å²) in [6.45, 7) is 4.93. The van der Waals surface area contributed by atoms with Crippen LogP contribution >= 0.6 is 0 Å². The molecular weight excluding hydrogens is 508 g/mol. The van der Waals surface area contributed by atoms with Crippen molar-refractivity contribution < 1.29 is 25.3 Å². The van der Waals surface area contributed by atoms with Crippen LogP contribution in [0.4, 0.5) is 0 Å². The molecule has 0 unspecified atom stereocenters. The number of sulfonamides is 2. The SMILES string of the molecule is Cc1ccc(S(=O)(=O)c2ccc(C)c(S(=O)(=O)N3CCCCC3)c2)cc1S(=O)(=O)N1CCCCC1. The van der Waals surface area contributed by atoms with Crippen LogP contribution in [0, 0.1) is 13.8 Å². The largest absolute Gasteiger partial charge is 0.243 e. The van der Waals surface area contributed by atoms with Crippen LogP contribution in [0.2, 0.25) is 0 Å². The van der Waals surface area contributed by atoms with Crippen molar-refractivity contribution in [2.45, 2.75) is 72.0 Å². The van der Waals surface area contributed by atoms with E-state index in [-0.39, 0.29) is 19.6 Å². The summed E-state index contributed by atoms with van der Waals surface area (Å²) >= 11 is 0. The topological polar surface area (TPSA) is 109 Å². The van der Waals surface area contributed by atoms with Crippen LogP contribution in [0.5, 0.6) is 0 Å². The lowest BCUT2D eigenvalue weighted by atomic mass is 10.2. The van der Waals surface area contributed by atoms with Gasteiger partial charge in [0.15, 0.2) is 0 Å². The Hall–Kier alpha value is -1.79. The third kappa shape index (κ3) is 5.06. The van der Waals surface area contributed by atoms with Gasteiger partial charge in [-0.1, -0.05) is 25.0 Å². The van der Waals surface area contributed by atoms with Gasteiger partial charge in [-0.25, -0.2) is 25.3 Å². The zero-order chi connectivity index (χ0) is 25.4. The fourth-order valence-electron chi connectivity index (χ4n) is 4.68. The molecule has 2 fully saturated rings. The maximum atomic E-state index is 13.6. The van der Waals surface area contributed by atoms with Crippen LogP contribution in [0.25, 0.3) is 0 Å². The first-order chi connectivity index (χ1) is 16.5. The highest BCUT2D eigenvalue weighted by Crippen LogP contribution is 2.31. The molecule has 11 heteroatoms. The maximum Gasteiger partial charge on any atom is 0.243 e. The lowest BCUT2D eigenvalue weighted by Gasteiger charge is -2.27. The van der Waals surface area contributed by atoms with Crippen LogP contribution in [-0.2, 0) is 29.9 Å². The molecule has 2 aromatic carbocycles. The van der Waals surface area contributed by atoms with Gasteiger partial charge in [0, 0.05) is 26.2 Å². The van der Waals surface area contributed by atoms with Crippen LogP contribution in [0.3, 0.4) is 0 Å². The number of aryl methyl sites for hydroxylation is 2. The Morgan fingerprint density at radius 1 is 0.543 bits per heavy atom. The van der Waals surface area contributed by atoms with Crippen LogP contribution in [-0.4, -0.2) is 60.0 Å². The Balaban J connectivity index is 1.75. The molecule has 192 valence electrons. The second kappa shape index (κ2) is 9.93. The van der Waals surface area contributed by atoms with E-state index in [1.165, 1.54) is 45.0 Å². The number of hydrogen-bond donors (Lipinski definition) is 0. The molecule has 8 nitrogen and oxygen atoms in total. The number of sulfone groups is 1. The Labute approximate surface area is 209 Å². The quantitative estimate of drug-likeness (QED) is 0.555. The molecule has 2 aliphatic heterocycles. The maximum absolute atomic E-state index is 13.6. The highest BCUT2D eigenvalue weighted by atomic mass is 32.2. The van der Waals surface area contributed by atoms with Gasteiger partial charge in [-0.3, -0.25) is 0 Å². The molecule has 0 N–H and O–H groups in total. The van der Waals surface area contributed by atoms with Crippen molar-refractivity contribution in [1.82, 2.24) is 8.61 Å². The molecule has 4 rings (SSSR count). The summed E-state index contributed by atoms with van der Waals surface area (Å²) < 4.78 is 83.0. The highest BCUT2D eigenvalue weighted by Gasteiger charge is 2.31. The third-order valence-corrected chi connectivity index (χ3v) is 12.6. The van der Waals surface area contributed by atoms with Gasteiger partial charge in [0.25, 0.3) is 0 Å². The fourth-order valence-corrected chi connectivity index (χ4v) is 9.67. The first-order valence-electron chi connectivity index (χ1n) is 11.9. The summed E-state index contributed by atoms with van der Waals surface area (Å²) in [6.07, 6.45) is 5.02. The van der Waals surface area contributed by atoms with E-state index in [4.69, 9.17) is 0 Å². The fraction of sp³-hybridized carbons (Fsp3) is 0.500. The summed E-state index contributed by atoms with van der Waals surface area (Å²) in [4.78, 5) is -0.421. The van der Waals surface area contributed by atoms with Crippen molar-refractivity contribution in [3.63, 3.8) is 0 Å². The van der Waals surface area contributed by atoms with E-state index in [0.29, 0.717) is 37.3 Å². The molecular formula is C24H32N2O6S3. The number of nitrogens with zero attached hydrogens (tertiary/aromatic N) is 2. The standard InChI is InChI=1S/C24H32N2O6S3/c1-19-9-11-21(17-23(19)34(29,30)25-13-5-3-6-14-25)33(27,28)22-12-10-20(2)24(18-22)35(31,32)26-15-7-4-8-16-26/h9-12,17-18H,3-8,13-16H2,1-2H3. The van der Waals surface area contributed by atoms with Gasteiger partial charge >= 0.3 is 0 Å². The lowest BCUT2D eigenvalue weighted by Crippen LogP contribution is -2.36. The molecule has 35 heavy (non-hydrogen) atoms. The molecule has 0 bridgehead atoms. The molecule has 0 saturated carbocycles. The van der Waals surface area contributed by atoms with Crippen molar-refractivity contribution in [1.29, 1.82) is 0 Å². The van der Waals surface area contributed by atoms with Crippen LogP contribution in [0.15, 0.2) is 56.0 Å². The zero-order valence-electron chi connectivity index (χ0n) is 20.1. The first-order valence-corrected chi connectivity index (χ1v) is 16.3. The minimum absolute atomic E-state index is 0.0336. The third-order valence-electron chi connectivity index (χ3n) is 6.81. The molecule has 0 spiro atoms. The van der Waals surface area contributed by atoms with E-state index in [1.807, 2.05) is 0 Å². The minimum atomic E-state index is -4.17. The van der Waals surface area contributed by atoms with Crippen molar-refractivity contribution >= 4 is 29.9 Å². The summed E-state index contributed by atoms with van der Waals surface area (Å²) in [6, 6.07) is 8.13. The Kier molecular flexibility index (Phi) is 7.46. The molecule has 2 aliphatic rings. The number of rotatable bonds is 6. The van der Waals surface area contributed by atoms with Gasteiger partial charge in [0.2, 0.25) is 29.9 Å². The summed E-state index contributed by atoms with van der Waals surface area (Å²) in [7, 11) is -11.9. The van der Waals surface area contributed by atoms with Gasteiger partial charge < -0.3 is 0 Å². The molecule has 0 aromatic heterocycles. The van der Waals surface area contributed by atoms with Gasteiger partial charge in [-0.05, 0) is 74.9 Å². The summed E-state index contributed by atoms with van der Waals surface area (Å²) in [5, 5.41) is 0. The van der Waals surface area contributed by atoms with E-state index in [2.05, 4.69) is 0 Å². The summed E-state index contributed by atoms with van der Waals surface area (Å²) in [5.41, 5.74) is 0.929. The predicted octanol–water partition coefficient (Wildman–Crippen LogP) is 3.49. The molecule has 2 aromatic rings. The normalized spacial score (nSPS) is 19.0. The highest BCUT2D eigenvalue weighted by molar-refractivity contribution is 7.92. The second-order valence-electron chi connectivity index (χ2n) is 9.29. The molecule has 0 atom stereocenters. The monoisotopic (exact) mass is 540 g/mol. The average molecular weight is 541 g/mol. The molecule has 2 saturated heterocycles. The lowest BCUT2D eigenvalue weighted by molar-refractivity contribution is 0.346. The summed E-state index contributed by atoms with van der Waals surface area (Å²) in [5.74, 6) is 0. The smallest absolute Gasteiger partial charge is 0.219 e. The second-order valence-corrected chi connectivity index (χ2v) is 15.0.